The molecule has 112 valence electrons. The fourth-order valence-corrected chi connectivity index (χ4v) is 2.43. The van der Waals surface area contributed by atoms with Crippen LogP contribution in [0, 0.1) is 0 Å². The molecule has 0 fully saturated rings. The molecule has 1 atom stereocenters. The van der Waals surface area contributed by atoms with Crippen molar-refractivity contribution in [2.75, 3.05) is 6.54 Å². The van der Waals surface area contributed by atoms with Crippen LogP contribution < -0.4 is 11.1 Å². The average Bonchev–Trinajstić information content (AvgIpc) is 2.44. The monoisotopic (exact) mass is 291 g/mol. The highest BCUT2D eigenvalue weighted by Crippen LogP contribution is 2.22. The zero-order valence-electron chi connectivity index (χ0n) is 11.6. The van der Waals surface area contributed by atoms with Crippen LogP contribution in [0.5, 0.6) is 0 Å². The van der Waals surface area contributed by atoms with Crippen LogP contribution in [0.2, 0.25) is 0 Å². The fraction of sp³-hybridized carbons (Fsp3) is 0.357. The van der Waals surface area contributed by atoms with Gasteiger partial charge >= 0.3 is 12.0 Å². The van der Waals surface area contributed by atoms with Crippen molar-refractivity contribution in [2.24, 2.45) is 5.73 Å². The van der Waals surface area contributed by atoms with E-state index in [1.165, 1.54) is 0 Å². The van der Waals surface area contributed by atoms with Crippen molar-refractivity contribution in [3.8, 4) is 0 Å². The number of primary amides is 1. The minimum atomic E-state index is -0.977. The Morgan fingerprint density at radius 2 is 2.05 bits per heavy atom. The molecule has 1 aromatic rings. The number of imide groups is 1. The summed E-state index contributed by atoms with van der Waals surface area (Å²) in [5.74, 6) is -1.44. The lowest BCUT2D eigenvalue weighted by Crippen LogP contribution is -2.49. The Balaban J connectivity index is 2.14. The Labute approximate surface area is 121 Å². The van der Waals surface area contributed by atoms with Crippen LogP contribution in [0.15, 0.2) is 18.2 Å². The van der Waals surface area contributed by atoms with E-state index in [0.29, 0.717) is 13.1 Å². The number of aromatic carboxylic acids is 1. The number of nitrogens with two attached hydrogens (primary N) is 1. The molecule has 0 saturated heterocycles. The van der Waals surface area contributed by atoms with Gasteiger partial charge in [-0.3, -0.25) is 15.0 Å². The standard InChI is InChI=1S/C14H17N3O4/c1-8(12(18)16-14(15)21)17-5-4-9-2-3-10(13(19)20)6-11(9)7-17/h2-3,6,8H,4-5,7H2,1H3,(H,19,20)(H3,15,16,18,21). The lowest BCUT2D eigenvalue weighted by atomic mass is 9.96. The van der Waals surface area contributed by atoms with Gasteiger partial charge in [0, 0.05) is 13.1 Å². The van der Waals surface area contributed by atoms with Crippen LogP contribution in [-0.2, 0) is 17.8 Å². The number of nitrogens with one attached hydrogen (secondary N) is 1. The third kappa shape index (κ3) is 3.38. The average molecular weight is 291 g/mol. The third-order valence-corrected chi connectivity index (χ3v) is 3.67. The third-order valence-electron chi connectivity index (χ3n) is 3.67. The highest BCUT2D eigenvalue weighted by molar-refractivity contribution is 5.96. The predicted octanol–water partition coefficient (Wildman–Crippen LogP) is 0.326. The lowest BCUT2D eigenvalue weighted by Gasteiger charge is -2.32. The van der Waals surface area contributed by atoms with Gasteiger partial charge in [0.2, 0.25) is 5.91 Å². The smallest absolute Gasteiger partial charge is 0.335 e. The Morgan fingerprint density at radius 3 is 2.67 bits per heavy atom. The molecule has 7 nitrogen and oxygen atoms in total. The number of carboxylic acids is 1. The predicted molar refractivity (Wildman–Crippen MR) is 74.7 cm³/mol. The number of carbonyl (C=O) groups is 3. The summed E-state index contributed by atoms with van der Waals surface area (Å²) in [7, 11) is 0. The van der Waals surface area contributed by atoms with Crippen LogP contribution in [-0.4, -0.2) is 40.5 Å². The van der Waals surface area contributed by atoms with Crippen LogP contribution in [0.4, 0.5) is 4.79 Å². The summed E-state index contributed by atoms with van der Waals surface area (Å²) in [6.45, 7) is 2.81. The van der Waals surface area contributed by atoms with Crippen LogP contribution in [0.25, 0.3) is 0 Å². The Hall–Kier alpha value is -2.41. The maximum Gasteiger partial charge on any atom is 0.335 e. The molecule has 21 heavy (non-hydrogen) atoms. The molecule has 1 aliphatic rings. The molecule has 1 aliphatic heterocycles. The first kappa shape index (κ1) is 15.0. The van der Waals surface area contributed by atoms with Gasteiger partial charge in [-0.1, -0.05) is 6.07 Å². The van der Waals surface area contributed by atoms with Crippen molar-refractivity contribution < 1.29 is 19.5 Å². The molecule has 1 unspecified atom stereocenters. The highest BCUT2D eigenvalue weighted by atomic mass is 16.4. The summed E-state index contributed by atoms with van der Waals surface area (Å²) in [4.78, 5) is 35.4. The first-order chi connectivity index (χ1) is 9.88. The molecule has 0 bridgehead atoms. The molecule has 2 rings (SSSR count). The molecule has 1 heterocycles. The quantitative estimate of drug-likeness (QED) is 0.742. The molecular formula is C14H17N3O4. The van der Waals surface area contributed by atoms with Crippen LogP contribution in [0.1, 0.15) is 28.4 Å². The molecule has 0 aromatic heterocycles. The van der Waals surface area contributed by atoms with E-state index in [0.717, 1.165) is 17.5 Å². The minimum Gasteiger partial charge on any atom is -0.478 e. The largest absolute Gasteiger partial charge is 0.478 e. The van der Waals surface area contributed by atoms with E-state index in [9.17, 15) is 14.4 Å². The summed E-state index contributed by atoms with van der Waals surface area (Å²) in [5.41, 5.74) is 7.13. The van der Waals surface area contributed by atoms with Crippen molar-refractivity contribution in [1.29, 1.82) is 0 Å². The molecule has 0 radical (unpaired) electrons. The number of fused-ring (bicyclic) bond motifs is 1. The summed E-state index contributed by atoms with van der Waals surface area (Å²) in [6.07, 6.45) is 0.726. The van der Waals surface area contributed by atoms with Gasteiger partial charge in [-0.25, -0.2) is 9.59 Å². The van der Waals surface area contributed by atoms with E-state index in [-0.39, 0.29) is 5.56 Å². The van der Waals surface area contributed by atoms with E-state index in [2.05, 4.69) is 5.32 Å². The number of carbonyl (C=O) groups excluding carboxylic acids is 2. The second kappa shape index (κ2) is 5.92. The zero-order chi connectivity index (χ0) is 15.6. The number of rotatable bonds is 3. The van der Waals surface area contributed by atoms with Crippen molar-refractivity contribution in [3.05, 3.63) is 34.9 Å². The van der Waals surface area contributed by atoms with E-state index in [1.54, 1.807) is 19.1 Å². The second-order valence-corrected chi connectivity index (χ2v) is 5.04. The maximum absolute atomic E-state index is 11.8. The molecular weight excluding hydrogens is 274 g/mol. The van der Waals surface area contributed by atoms with Crippen LogP contribution >= 0.6 is 0 Å². The number of benzene rings is 1. The zero-order valence-corrected chi connectivity index (χ0v) is 11.6. The van der Waals surface area contributed by atoms with Gasteiger partial charge in [0.05, 0.1) is 11.6 Å². The Morgan fingerprint density at radius 1 is 1.33 bits per heavy atom. The fourth-order valence-electron chi connectivity index (χ4n) is 2.43. The van der Waals surface area contributed by atoms with E-state index >= 15 is 0 Å². The van der Waals surface area contributed by atoms with Crippen molar-refractivity contribution in [2.45, 2.75) is 25.9 Å². The van der Waals surface area contributed by atoms with E-state index in [1.807, 2.05) is 11.0 Å². The molecule has 7 heteroatoms. The lowest BCUT2D eigenvalue weighted by molar-refractivity contribution is -0.125. The number of hydrogen-bond donors (Lipinski definition) is 3. The minimum absolute atomic E-state index is 0.227. The van der Waals surface area contributed by atoms with Gasteiger partial charge in [-0.05, 0) is 36.6 Å². The molecule has 3 amide bonds. The van der Waals surface area contributed by atoms with Crippen LogP contribution in [0.3, 0.4) is 0 Å². The van der Waals surface area contributed by atoms with Gasteiger partial charge in [0.25, 0.3) is 0 Å². The summed E-state index contributed by atoms with van der Waals surface area (Å²) >= 11 is 0. The number of nitrogens with zero attached hydrogens (tertiary/aromatic N) is 1. The van der Waals surface area contributed by atoms with E-state index in [4.69, 9.17) is 10.8 Å². The highest BCUT2D eigenvalue weighted by Gasteiger charge is 2.26. The first-order valence-corrected chi connectivity index (χ1v) is 6.58. The number of urea groups is 1. The van der Waals surface area contributed by atoms with Crippen molar-refractivity contribution >= 4 is 17.9 Å². The maximum atomic E-state index is 11.8. The molecule has 0 saturated carbocycles. The second-order valence-electron chi connectivity index (χ2n) is 5.04. The topological polar surface area (TPSA) is 113 Å². The SMILES string of the molecule is CC(C(=O)NC(N)=O)N1CCc2ccc(C(=O)O)cc2C1. The van der Waals surface area contributed by atoms with Gasteiger partial charge in [0.1, 0.15) is 0 Å². The number of amides is 3. The molecule has 0 spiro atoms. The normalized spacial score (nSPS) is 15.9. The summed E-state index contributed by atoms with van der Waals surface area (Å²) in [6, 6.07) is 3.63. The van der Waals surface area contributed by atoms with Gasteiger partial charge in [-0.15, -0.1) is 0 Å². The molecule has 4 N–H and O–H groups in total. The first-order valence-electron chi connectivity index (χ1n) is 6.58. The Bertz CT molecular complexity index is 600. The summed E-state index contributed by atoms with van der Waals surface area (Å²) < 4.78 is 0. The van der Waals surface area contributed by atoms with Gasteiger partial charge in [0.15, 0.2) is 0 Å². The molecule has 0 aliphatic carbocycles. The van der Waals surface area contributed by atoms with E-state index < -0.39 is 23.9 Å². The van der Waals surface area contributed by atoms with Gasteiger partial charge < -0.3 is 10.8 Å². The van der Waals surface area contributed by atoms with Crippen molar-refractivity contribution in [3.63, 3.8) is 0 Å². The summed E-state index contributed by atoms with van der Waals surface area (Å²) in [5, 5.41) is 11.1. The number of carboxylic acid groups (broad SMARTS) is 1. The van der Waals surface area contributed by atoms with Gasteiger partial charge in [-0.2, -0.15) is 0 Å². The van der Waals surface area contributed by atoms with Crippen molar-refractivity contribution in [1.82, 2.24) is 10.2 Å². The Kier molecular flexibility index (Phi) is 4.23. The molecule has 1 aromatic carbocycles. The number of hydrogen-bond acceptors (Lipinski definition) is 4.